The monoisotopic (exact) mass is 844 g/mol. The van der Waals surface area contributed by atoms with Crippen molar-refractivity contribution in [3.8, 4) is 0 Å². The van der Waals surface area contributed by atoms with Crippen LogP contribution in [0.1, 0.15) is 124 Å². The summed E-state index contributed by atoms with van der Waals surface area (Å²) in [6.07, 6.45) is 12.1. The van der Waals surface area contributed by atoms with E-state index >= 15 is 0 Å². The average molecular weight is 845 g/mol. The second-order valence-corrected chi connectivity index (χ2v) is 22.6. The minimum Gasteiger partial charge on any atom is -0.469 e. The molecular formula is C48H60O13. The van der Waals surface area contributed by atoms with Gasteiger partial charge in [-0.3, -0.25) is 28.8 Å². The zero-order chi connectivity index (χ0) is 42.7. The summed E-state index contributed by atoms with van der Waals surface area (Å²) in [6.45, 7) is 9.02. The summed E-state index contributed by atoms with van der Waals surface area (Å²) < 4.78 is 42.0. The Bertz CT molecular complexity index is 2130. The van der Waals surface area contributed by atoms with Crippen LogP contribution in [0.25, 0.3) is 0 Å². The lowest BCUT2D eigenvalue weighted by molar-refractivity contribution is -0.184. The summed E-state index contributed by atoms with van der Waals surface area (Å²) in [5.41, 5.74) is -1.74. The van der Waals surface area contributed by atoms with Crippen LogP contribution in [0.3, 0.4) is 0 Å². The maximum atomic E-state index is 13.2. The standard InChI is InChI=1S/C24H30O7.C24H30O6/c1-20-11-15-24(29-15)17(13(20)4-8-22(20)9-6-16(26)30-22)12(19(27)28-3)10-23-18(31-23)14(25)5-7-21(23,24)2;1-22-7-4-13(25)10-12(22)11-14(21(27)28-3)17-15-5-8-24(9-6-16(26)30-24)23(15,2)20-19(29-20)18(17)22/h12-13,15,17-18H,4-11H2,1-3H3;10,14-15,17-20H,4-9,11H2,1-3H3. The van der Waals surface area contributed by atoms with Gasteiger partial charge >= 0.3 is 23.9 Å². The van der Waals surface area contributed by atoms with E-state index in [-0.39, 0.29) is 117 Å². The molecule has 19 atom stereocenters. The first-order chi connectivity index (χ1) is 28.9. The maximum Gasteiger partial charge on any atom is 0.309 e. The van der Waals surface area contributed by atoms with Gasteiger partial charge < -0.3 is 33.2 Å². The first-order valence-corrected chi connectivity index (χ1v) is 23.3. The maximum absolute atomic E-state index is 13.2. The van der Waals surface area contributed by atoms with E-state index in [9.17, 15) is 28.8 Å². The number of methoxy groups -OCH3 is 2. The first kappa shape index (κ1) is 39.4. The van der Waals surface area contributed by atoms with E-state index in [0.29, 0.717) is 38.5 Å². The van der Waals surface area contributed by atoms with Crippen molar-refractivity contribution in [2.75, 3.05) is 14.2 Å². The molecule has 8 aliphatic carbocycles. The smallest absolute Gasteiger partial charge is 0.309 e. The van der Waals surface area contributed by atoms with Gasteiger partial charge in [0.25, 0.3) is 0 Å². The molecule has 13 heteroatoms. The lowest BCUT2D eigenvalue weighted by Gasteiger charge is -2.59. The number of epoxide rings is 3. The number of ketones is 2. The SMILES string of the molecule is COC(=O)C1CC23OC2C(=O)CCC3(C)C23OC2CC2(C)C(CCC24CCC(=O)O4)C13.COC(=O)C1CC2=CC(=O)CCC2(C)C2C3OC3C3(C)C(CCC34CCC(=O)O4)C12. The normalized spacial score (nSPS) is 56.8. The van der Waals surface area contributed by atoms with Crippen molar-refractivity contribution in [3.05, 3.63) is 11.6 Å². The Labute approximate surface area is 356 Å². The molecule has 7 saturated carbocycles. The summed E-state index contributed by atoms with van der Waals surface area (Å²) >= 11 is 0. The third-order valence-electron chi connectivity index (χ3n) is 21.3. The third kappa shape index (κ3) is 4.41. The Morgan fingerprint density at radius 2 is 1.39 bits per heavy atom. The van der Waals surface area contributed by atoms with Crippen LogP contribution in [-0.2, 0) is 61.9 Å². The quantitative estimate of drug-likeness (QED) is 0.199. The van der Waals surface area contributed by atoms with Crippen LogP contribution in [0, 0.1) is 63.1 Å². The molecular weight excluding hydrogens is 785 g/mol. The molecule has 13 aliphatic rings. The Hall–Kier alpha value is -3.16. The number of hydrogen-bond acceptors (Lipinski definition) is 13. The molecule has 5 saturated heterocycles. The summed E-state index contributed by atoms with van der Waals surface area (Å²) in [5.74, 6) is -0.149. The lowest BCUT2D eigenvalue weighted by atomic mass is 9.41. The van der Waals surface area contributed by atoms with Crippen molar-refractivity contribution in [1.29, 1.82) is 0 Å². The van der Waals surface area contributed by atoms with Crippen molar-refractivity contribution >= 4 is 35.4 Å². The van der Waals surface area contributed by atoms with Gasteiger partial charge in [-0.1, -0.05) is 33.3 Å². The van der Waals surface area contributed by atoms with E-state index < -0.39 is 28.5 Å². The number of allylic oxidation sites excluding steroid dienone is 1. The molecule has 0 aromatic carbocycles. The second kappa shape index (κ2) is 11.9. The molecule has 19 unspecified atom stereocenters. The highest BCUT2D eigenvalue weighted by atomic mass is 16.6. The molecule has 61 heavy (non-hydrogen) atoms. The van der Waals surface area contributed by atoms with Crippen molar-refractivity contribution in [1.82, 2.24) is 0 Å². The van der Waals surface area contributed by atoms with Crippen LogP contribution in [0.15, 0.2) is 11.6 Å². The van der Waals surface area contributed by atoms with E-state index in [2.05, 4.69) is 27.7 Å². The Morgan fingerprint density at radius 3 is 2.08 bits per heavy atom. The van der Waals surface area contributed by atoms with Gasteiger partial charge in [-0.2, -0.15) is 0 Å². The zero-order valence-electron chi connectivity index (χ0n) is 36.3. The molecule has 0 aromatic rings. The van der Waals surface area contributed by atoms with E-state index in [4.69, 9.17) is 33.2 Å². The van der Waals surface area contributed by atoms with Crippen LogP contribution >= 0.6 is 0 Å². The number of hydrogen-bond donors (Lipinski definition) is 0. The number of fused-ring (bicyclic) bond motifs is 12. The van der Waals surface area contributed by atoms with Gasteiger partial charge in [0.15, 0.2) is 11.6 Å². The minimum atomic E-state index is -0.601. The Kier molecular flexibility index (Phi) is 7.72. The molecule has 12 fully saturated rings. The molecule has 0 N–H and O–H groups in total. The first-order valence-electron chi connectivity index (χ1n) is 23.3. The van der Waals surface area contributed by atoms with E-state index in [1.807, 2.05) is 0 Å². The third-order valence-corrected chi connectivity index (χ3v) is 21.3. The highest BCUT2D eigenvalue weighted by molar-refractivity contribution is 5.92. The minimum absolute atomic E-state index is 0.000380. The van der Waals surface area contributed by atoms with Crippen LogP contribution in [0.2, 0.25) is 0 Å². The van der Waals surface area contributed by atoms with Gasteiger partial charge in [0.1, 0.15) is 28.5 Å². The van der Waals surface area contributed by atoms with Crippen molar-refractivity contribution < 1.29 is 61.9 Å². The number of rotatable bonds is 2. The molecule has 4 spiro atoms. The topological polar surface area (TPSA) is 177 Å². The number of ether oxygens (including phenoxy) is 7. The molecule has 0 amide bonds. The number of esters is 4. The number of Topliss-reactive ketones (excluding diaryl/α,β-unsaturated/α-hetero) is 1. The Balaban J connectivity index is 0.000000131. The average Bonchev–Trinajstić information content (AvgIpc) is 4.18. The fourth-order valence-corrected chi connectivity index (χ4v) is 18.2. The molecule has 0 bridgehead atoms. The summed E-state index contributed by atoms with van der Waals surface area (Å²) in [7, 11) is 2.90. The molecule has 13 nitrogen and oxygen atoms in total. The van der Waals surface area contributed by atoms with Crippen molar-refractivity contribution in [3.63, 3.8) is 0 Å². The fourth-order valence-electron chi connectivity index (χ4n) is 18.2. The second-order valence-electron chi connectivity index (χ2n) is 22.6. The fraction of sp³-hybridized carbons (Fsp3) is 0.833. The summed E-state index contributed by atoms with van der Waals surface area (Å²) in [5, 5.41) is 0. The molecule has 5 aliphatic heterocycles. The highest BCUT2D eigenvalue weighted by Crippen LogP contribution is 2.82. The predicted molar refractivity (Wildman–Crippen MR) is 210 cm³/mol. The van der Waals surface area contributed by atoms with Crippen LogP contribution in [-0.4, -0.2) is 96.5 Å². The van der Waals surface area contributed by atoms with Gasteiger partial charge in [0.2, 0.25) is 0 Å². The van der Waals surface area contributed by atoms with Crippen molar-refractivity contribution in [2.45, 2.75) is 171 Å². The highest BCUT2D eigenvalue weighted by Gasteiger charge is 2.91. The van der Waals surface area contributed by atoms with Gasteiger partial charge in [-0.15, -0.1) is 0 Å². The lowest BCUT2D eigenvalue weighted by Crippen LogP contribution is -2.68. The number of carbonyl (C=O) groups excluding carboxylic acids is 6. The van der Waals surface area contributed by atoms with Gasteiger partial charge in [0, 0.05) is 53.8 Å². The molecule has 5 heterocycles. The molecule has 330 valence electrons. The zero-order valence-corrected chi connectivity index (χ0v) is 36.3. The van der Waals surface area contributed by atoms with Crippen LogP contribution in [0.5, 0.6) is 0 Å². The summed E-state index contributed by atoms with van der Waals surface area (Å²) in [6, 6.07) is 0. The van der Waals surface area contributed by atoms with Crippen LogP contribution in [0.4, 0.5) is 0 Å². The molecule has 0 radical (unpaired) electrons. The number of carbonyl (C=O) groups is 6. The largest absolute Gasteiger partial charge is 0.469 e. The van der Waals surface area contributed by atoms with Gasteiger partial charge in [-0.25, -0.2) is 0 Å². The predicted octanol–water partition coefficient (Wildman–Crippen LogP) is 5.32. The van der Waals surface area contributed by atoms with Crippen LogP contribution < -0.4 is 0 Å². The van der Waals surface area contributed by atoms with Gasteiger partial charge in [-0.05, 0) is 99.9 Å². The molecule has 13 rings (SSSR count). The molecule has 0 aromatic heterocycles. The van der Waals surface area contributed by atoms with E-state index in [1.54, 1.807) is 6.08 Å². The van der Waals surface area contributed by atoms with E-state index in [0.717, 1.165) is 63.4 Å². The van der Waals surface area contributed by atoms with Crippen molar-refractivity contribution in [2.24, 2.45) is 63.1 Å². The Morgan fingerprint density at radius 1 is 0.721 bits per heavy atom. The summed E-state index contributed by atoms with van der Waals surface area (Å²) in [4.78, 5) is 75.2. The van der Waals surface area contributed by atoms with E-state index in [1.165, 1.54) is 14.2 Å². The van der Waals surface area contributed by atoms with Gasteiger partial charge in [0.05, 0.1) is 44.4 Å².